The Morgan fingerprint density at radius 3 is 2.64 bits per heavy atom. The molecule has 22 heavy (non-hydrogen) atoms. The van der Waals surface area contributed by atoms with Crippen LogP contribution in [0.3, 0.4) is 0 Å². The first kappa shape index (κ1) is 13.2. The second-order valence-corrected chi connectivity index (χ2v) is 5.44. The zero-order valence-electron chi connectivity index (χ0n) is 11.9. The molecule has 1 aliphatic rings. The standard InChI is InChI=1S/C16H13F2N3O/c1-22-16-6-10(8-19-20-16)14-5-9-4-12(17)13(18)7-15(9)21(14)11-2-3-11/h4-8,11H,2-3H2,1H3. The average Bonchev–Trinajstić information content (AvgIpc) is 3.30. The molecule has 0 amide bonds. The van der Waals surface area contributed by atoms with E-state index in [-0.39, 0.29) is 0 Å². The fourth-order valence-corrected chi connectivity index (χ4v) is 2.76. The van der Waals surface area contributed by atoms with Gasteiger partial charge in [0, 0.05) is 29.1 Å². The molecule has 0 atom stereocenters. The van der Waals surface area contributed by atoms with Gasteiger partial charge < -0.3 is 9.30 Å². The molecule has 2 aromatic heterocycles. The molecular weight excluding hydrogens is 288 g/mol. The van der Waals surface area contributed by atoms with Gasteiger partial charge in [-0.25, -0.2) is 8.78 Å². The van der Waals surface area contributed by atoms with Crippen LogP contribution in [-0.4, -0.2) is 21.9 Å². The van der Waals surface area contributed by atoms with Crippen molar-refractivity contribution < 1.29 is 13.5 Å². The van der Waals surface area contributed by atoms with E-state index in [1.165, 1.54) is 19.2 Å². The van der Waals surface area contributed by atoms with Gasteiger partial charge in [-0.2, -0.15) is 5.10 Å². The monoisotopic (exact) mass is 301 g/mol. The van der Waals surface area contributed by atoms with E-state index in [0.717, 1.165) is 24.1 Å². The largest absolute Gasteiger partial charge is 0.480 e. The van der Waals surface area contributed by atoms with Crippen LogP contribution in [-0.2, 0) is 0 Å². The summed E-state index contributed by atoms with van der Waals surface area (Å²) in [5.74, 6) is -1.26. The second-order valence-electron chi connectivity index (χ2n) is 5.44. The van der Waals surface area contributed by atoms with Gasteiger partial charge >= 0.3 is 0 Å². The molecule has 1 aliphatic carbocycles. The highest BCUT2D eigenvalue weighted by molar-refractivity contribution is 5.87. The zero-order valence-corrected chi connectivity index (χ0v) is 11.9. The molecule has 3 aromatic rings. The third-order valence-electron chi connectivity index (χ3n) is 3.93. The molecular formula is C16H13F2N3O. The fourth-order valence-electron chi connectivity index (χ4n) is 2.76. The first-order valence-electron chi connectivity index (χ1n) is 7.04. The molecule has 0 bridgehead atoms. The Kier molecular flexibility index (Phi) is 2.85. The summed E-state index contributed by atoms with van der Waals surface area (Å²) in [6.07, 6.45) is 3.69. The molecule has 4 nitrogen and oxygen atoms in total. The third kappa shape index (κ3) is 2.03. The quantitative estimate of drug-likeness (QED) is 0.740. The lowest BCUT2D eigenvalue weighted by Gasteiger charge is -2.10. The van der Waals surface area contributed by atoms with Crippen LogP contribution >= 0.6 is 0 Å². The summed E-state index contributed by atoms with van der Waals surface area (Å²) in [4.78, 5) is 0. The van der Waals surface area contributed by atoms with Gasteiger partial charge in [-0.05, 0) is 25.0 Å². The Morgan fingerprint density at radius 1 is 1.14 bits per heavy atom. The number of benzene rings is 1. The Morgan fingerprint density at radius 2 is 1.91 bits per heavy atom. The highest BCUT2D eigenvalue weighted by Gasteiger charge is 2.28. The van der Waals surface area contributed by atoms with Gasteiger partial charge in [0.2, 0.25) is 5.88 Å². The van der Waals surface area contributed by atoms with E-state index in [9.17, 15) is 8.78 Å². The van der Waals surface area contributed by atoms with E-state index in [1.807, 2.05) is 10.6 Å². The molecule has 0 aliphatic heterocycles. The van der Waals surface area contributed by atoms with E-state index >= 15 is 0 Å². The van der Waals surface area contributed by atoms with E-state index in [0.29, 0.717) is 22.8 Å². The molecule has 1 fully saturated rings. The van der Waals surface area contributed by atoms with Crippen molar-refractivity contribution in [3.8, 4) is 17.1 Å². The SMILES string of the molecule is COc1cc(-c2cc3cc(F)c(F)cc3n2C2CC2)cnn1. The molecule has 0 saturated heterocycles. The van der Waals surface area contributed by atoms with Crippen molar-refractivity contribution in [3.05, 3.63) is 42.1 Å². The van der Waals surface area contributed by atoms with Crippen molar-refractivity contribution in [2.24, 2.45) is 0 Å². The van der Waals surface area contributed by atoms with Gasteiger partial charge in [0.25, 0.3) is 0 Å². The highest BCUT2D eigenvalue weighted by Crippen LogP contribution is 2.43. The lowest BCUT2D eigenvalue weighted by molar-refractivity contribution is 0.392. The van der Waals surface area contributed by atoms with Crippen molar-refractivity contribution in [2.45, 2.75) is 18.9 Å². The van der Waals surface area contributed by atoms with Crippen molar-refractivity contribution in [3.63, 3.8) is 0 Å². The maximum atomic E-state index is 13.6. The molecule has 0 N–H and O–H groups in total. The maximum absolute atomic E-state index is 13.6. The van der Waals surface area contributed by atoms with Crippen LogP contribution in [0.15, 0.2) is 30.5 Å². The third-order valence-corrected chi connectivity index (χ3v) is 3.93. The number of fused-ring (bicyclic) bond motifs is 1. The number of nitrogens with zero attached hydrogens (tertiary/aromatic N) is 3. The number of hydrogen-bond donors (Lipinski definition) is 0. The van der Waals surface area contributed by atoms with E-state index < -0.39 is 11.6 Å². The van der Waals surface area contributed by atoms with Crippen LogP contribution < -0.4 is 4.74 Å². The second kappa shape index (κ2) is 4.76. The molecule has 4 rings (SSSR count). The van der Waals surface area contributed by atoms with Crippen LogP contribution in [0.1, 0.15) is 18.9 Å². The molecule has 6 heteroatoms. The maximum Gasteiger partial charge on any atom is 0.233 e. The zero-order chi connectivity index (χ0) is 15.3. The Bertz CT molecular complexity index is 871. The van der Waals surface area contributed by atoms with Crippen molar-refractivity contribution in [1.29, 1.82) is 0 Å². The van der Waals surface area contributed by atoms with Crippen LogP contribution in [0, 0.1) is 11.6 Å². The number of rotatable bonds is 3. The smallest absolute Gasteiger partial charge is 0.233 e. The van der Waals surface area contributed by atoms with Crippen LogP contribution in [0.4, 0.5) is 8.78 Å². The topological polar surface area (TPSA) is 39.9 Å². The number of ether oxygens (including phenoxy) is 1. The van der Waals surface area contributed by atoms with Gasteiger partial charge in [0.05, 0.1) is 24.5 Å². The van der Waals surface area contributed by atoms with E-state index in [2.05, 4.69) is 10.2 Å². The van der Waals surface area contributed by atoms with Gasteiger partial charge in [0.15, 0.2) is 11.6 Å². The molecule has 0 unspecified atom stereocenters. The minimum Gasteiger partial charge on any atom is -0.480 e. The van der Waals surface area contributed by atoms with Crippen molar-refractivity contribution in [1.82, 2.24) is 14.8 Å². The van der Waals surface area contributed by atoms with E-state index in [1.54, 1.807) is 12.3 Å². The summed E-state index contributed by atoms with van der Waals surface area (Å²) in [7, 11) is 1.52. The average molecular weight is 301 g/mol. The van der Waals surface area contributed by atoms with Crippen LogP contribution in [0.2, 0.25) is 0 Å². The molecule has 1 saturated carbocycles. The molecule has 2 heterocycles. The minimum atomic E-state index is -0.836. The summed E-state index contributed by atoms with van der Waals surface area (Å²) in [6.45, 7) is 0. The van der Waals surface area contributed by atoms with Crippen molar-refractivity contribution in [2.75, 3.05) is 7.11 Å². The summed E-state index contributed by atoms with van der Waals surface area (Å²) in [6, 6.07) is 6.44. The minimum absolute atomic E-state index is 0.316. The van der Waals surface area contributed by atoms with Gasteiger partial charge in [0.1, 0.15) is 0 Å². The Labute approximate surface area is 125 Å². The molecule has 1 aromatic carbocycles. The number of methoxy groups -OCH3 is 1. The normalized spacial score (nSPS) is 14.5. The lowest BCUT2D eigenvalue weighted by atomic mass is 10.2. The predicted molar refractivity (Wildman–Crippen MR) is 77.7 cm³/mol. The van der Waals surface area contributed by atoms with Gasteiger partial charge in [-0.3, -0.25) is 0 Å². The van der Waals surface area contributed by atoms with Crippen LogP contribution in [0.25, 0.3) is 22.2 Å². The fraction of sp³-hybridized carbons (Fsp3) is 0.250. The predicted octanol–water partition coefficient (Wildman–Crippen LogP) is 3.72. The number of halogens is 2. The Balaban J connectivity index is 1.98. The van der Waals surface area contributed by atoms with E-state index in [4.69, 9.17) is 4.74 Å². The summed E-state index contributed by atoms with van der Waals surface area (Å²) >= 11 is 0. The first-order valence-corrected chi connectivity index (χ1v) is 7.04. The first-order chi connectivity index (χ1) is 10.7. The summed E-state index contributed by atoms with van der Waals surface area (Å²) < 4.78 is 34.3. The molecule has 0 spiro atoms. The number of aromatic nitrogens is 3. The highest BCUT2D eigenvalue weighted by atomic mass is 19.2. The van der Waals surface area contributed by atoms with Gasteiger partial charge in [-0.1, -0.05) is 0 Å². The molecule has 0 radical (unpaired) electrons. The van der Waals surface area contributed by atoms with Crippen LogP contribution in [0.5, 0.6) is 5.88 Å². The van der Waals surface area contributed by atoms with Crippen molar-refractivity contribution >= 4 is 10.9 Å². The van der Waals surface area contributed by atoms with Gasteiger partial charge in [-0.15, -0.1) is 5.10 Å². The Hall–Kier alpha value is -2.50. The lowest BCUT2D eigenvalue weighted by Crippen LogP contribution is -1.98. The molecule has 112 valence electrons. The number of hydrogen-bond acceptors (Lipinski definition) is 3. The summed E-state index contributed by atoms with van der Waals surface area (Å²) in [5, 5.41) is 8.45. The summed E-state index contributed by atoms with van der Waals surface area (Å²) in [5.41, 5.74) is 2.39.